The fraction of sp³-hybridized carbons (Fsp3) is 0.893. The van der Waals surface area contributed by atoms with E-state index in [1.807, 2.05) is 0 Å². The number of hydrogen-bond donors (Lipinski definition) is 0. The van der Waals surface area contributed by atoms with Gasteiger partial charge in [0.05, 0.1) is 0 Å². The van der Waals surface area contributed by atoms with Gasteiger partial charge in [0.25, 0.3) is 6.47 Å². The lowest BCUT2D eigenvalue weighted by atomic mass is 9.47. The molecule has 0 aliphatic heterocycles. The Balaban J connectivity index is 1.39. The molecule has 2 heteroatoms. The van der Waals surface area contributed by atoms with Gasteiger partial charge in [0.15, 0.2) is 0 Å². The van der Waals surface area contributed by atoms with Crippen LogP contribution in [0.2, 0.25) is 0 Å². The minimum atomic E-state index is 0.125. The standard InChI is InChI=1S/C28H46O2/c1-4-5-6-7-8-9-10-21-12-14-25-24-13-11-22-19-23(30-20-29)15-17-28(22,3)26(24)16-18-27(21,25)2/h11,20-21,23-26H,4-10,12-19H2,1-3H3/t21?,23-,24-,25?,26?,27+,28-/m0/s1. The highest BCUT2D eigenvalue weighted by Gasteiger charge is 2.58. The Labute approximate surface area is 185 Å². The zero-order valence-electron chi connectivity index (χ0n) is 20.0. The normalized spacial score (nSPS) is 42.6. The van der Waals surface area contributed by atoms with Gasteiger partial charge in [0.1, 0.15) is 6.10 Å². The van der Waals surface area contributed by atoms with Gasteiger partial charge in [-0.25, -0.2) is 0 Å². The maximum absolute atomic E-state index is 10.8. The second-order valence-electron chi connectivity index (χ2n) is 11.7. The van der Waals surface area contributed by atoms with Crippen molar-refractivity contribution in [1.82, 2.24) is 0 Å². The van der Waals surface area contributed by atoms with Gasteiger partial charge in [-0.2, -0.15) is 0 Å². The average molecular weight is 415 g/mol. The molecule has 0 aromatic rings. The number of hydrogen-bond acceptors (Lipinski definition) is 2. The van der Waals surface area contributed by atoms with Crippen molar-refractivity contribution in [1.29, 1.82) is 0 Å². The fourth-order valence-electron chi connectivity index (χ4n) is 8.58. The van der Waals surface area contributed by atoms with E-state index in [0.29, 0.717) is 17.3 Å². The minimum Gasteiger partial charge on any atom is -0.464 e. The van der Waals surface area contributed by atoms with E-state index in [-0.39, 0.29) is 6.10 Å². The summed E-state index contributed by atoms with van der Waals surface area (Å²) in [5, 5.41) is 0. The Morgan fingerprint density at radius 2 is 1.80 bits per heavy atom. The Morgan fingerprint density at radius 1 is 1.00 bits per heavy atom. The second kappa shape index (κ2) is 9.37. The first-order chi connectivity index (χ1) is 14.5. The van der Waals surface area contributed by atoms with E-state index in [9.17, 15) is 4.79 Å². The summed E-state index contributed by atoms with van der Waals surface area (Å²) in [6.07, 6.45) is 23.2. The lowest BCUT2D eigenvalue weighted by Gasteiger charge is -2.58. The van der Waals surface area contributed by atoms with Gasteiger partial charge in [0.2, 0.25) is 0 Å². The van der Waals surface area contributed by atoms with Gasteiger partial charge in [-0.1, -0.05) is 70.9 Å². The Morgan fingerprint density at radius 3 is 2.60 bits per heavy atom. The van der Waals surface area contributed by atoms with E-state index in [0.717, 1.165) is 36.5 Å². The summed E-state index contributed by atoms with van der Waals surface area (Å²) in [5.74, 6) is 3.68. The SMILES string of the molecule is CCCCCCCCC1CCC2[C@@H]3CC=C4C[C@@H](OC=O)CC[C@]4(C)C3CC[C@]12C. The van der Waals surface area contributed by atoms with E-state index in [4.69, 9.17) is 4.74 Å². The van der Waals surface area contributed by atoms with Crippen LogP contribution in [0, 0.1) is 34.5 Å². The first-order valence-electron chi connectivity index (χ1n) is 13.3. The fourth-order valence-corrected chi connectivity index (χ4v) is 8.58. The third-order valence-electron chi connectivity index (χ3n) is 10.4. The third-order valence-corrected chi connectivity index (χ3v) is 10.4. The predicted molar refractivity (Wildman–Crippen MR) is 124 cm³/mol. The maximum atomic E-state index is 10.8. The van der Waals surface area contributed by atoms with E-state index in [1.165, 1.54) is 83.5 Å². The van der Waals surface area contributed by atoms with E-state index in [2.05, 4.69) is 26.8 Å². The molecule has 7 atom stereocenters. The van der Waals surface area contributed by atoms with Crippen molar-refractivity contribution in [3.05, 3.63) is 11.6 Å². The van der Waals surface area contributed by atoms with Crippen LogP contribution in [0.1, 0.15) is 117 Å². The molecule has 0 spiro atoms. The molecule has 0 N–H and O–H groups in total. The van der Waals surface area contributed by atoms with Crippen LogP contribution in [-0.2, 0) is 9.53 Å². The Bertz CT molecular complexity index is 624. The molecule has 2 nitrogen and oxygen atoms in total. The summed E-state index contributed by atoms with van der Waals surface area (Å²) in [6, 6.07) is 0. The number of carbonyl (C=O) groups is 1. The molecule has 4 aliphatic rings. The smallest absolute Gasteiger partial charge is 0.293 e. The van der Waals surface area contributed by atoms with Crippen molar-refractivity contribution in [2.75, 3.05) is 0 Å². The molecule has 4 rings (SSSR count). The first kappa shape index (κ1) is 22.4. The van der Waals surface area contributed by atoms with Gasteiger partial charge < -0.3 is 4.74 Å². The Kier molecular flexibility index (Phi) is 7.00. The monoisotopic (exact) mass is 414 g/mol. The summed E-state index contributed by atoms with van der Waals surface area (Å²) >= 11 is 0. The largest absolute Gasteiger partial charge is 0.464 e. The van der Waals surface area contributed by atoms with Crippen LogP contribution in [-0.4, -0.2) is 12.6 Å². The van der Waals surface area contributed by atoms with Crippen LogP contribution in [0.15, 0.2) is 11.6 Å². The highest BCUT2D eigenvalue weighted by Crippen LogP contribution is 2.66. The molecular formula is C28H46O2. The van der Waals surface area contributed by atoms with E-state index < -0.39 is 0 Å². The highest BCUT2D eigenvalue weighted by molar-refractivity contribution is 5.38. The molecule has 0 aromatic carbocycles. The molecule has 0 saturated heterocycles. The number of fused-ring (bicyclic) bond motifs is 5. The first-order valence-corrected chi connectivity index (χ1v) is 13.3. The molecule has 0 aromatic heterocycles. The van der Waals surface area contributed by atoms with E-state index >= 15 is 0 Å². The predicted octanol–water partition coefficient (Wildman–Crippen LogP) is 7.86. The van der Waals surface area contributed by atoms with Crippen molar-refractivity contribution < 1.29 is 9.53 Å². The lowest BCUT2D eigenvalue weighted by molar-refractivity contribution is -0.136. The summed E-state index contributed by atoms with van der Waals surface area (Å²) in [5.41, 5.74) is 2.58. The van der Waals surface area contributed by atoms with Crippen molar-refractivity contribution in [3.8, 4) is 0 Å². The van der Waals surface area contributed by atoms with Crippen molar-refractivity contribution in [3.63, 3.8) is 0 Å². The molecule has 3 fully saturated rings. The van der Waals surface area contributed by atoms with Gasteiger partial charge in [-0.3, -0.25) is 4.79 Å². The summed E-state index contributed by atoms with van der Waals surface area (Å²) in [7, 11) is 0. The molecule has 170 valence electrons. The van der Waals surface area contributed by atoms with Crippen LogP contribution in [0.25, 0.3) is 0 Å². The van der Waals surface area contributed by atoms with Crippen LogP contribution in [0.5, 0.6) is 0 Å². The number of carbonyl (C=O) groups excluding carboxylic acids is 1. The molecule has 0 heterocycles. The molecular weight excluding hydrogens is 368 g/mol. The van der Waals surface area contributed by atoms with Crippen LogP contribution < -0.4 is 0 Å². The zero-order chi connectivity index (χ0) is 21.2. The minimum absolute atomic E-state index is 0.125. The molecule has 0 radical (unpaired) electrons. The average Bonchev–Trinajstić information content (AvgIpc) is 3.07. The number of ether oxygens (including phenoxy) is 1. The zero-order valence-corrected chi connectivity index (χ0v) is 20.0. The quantitative estimate of drug-likeness (QED) is 0.218. The summed E-state index contributed by atoms with van der Waals surface area (Å²) in [6.45, 7) is 8.20. The van der Waals surface area contributed by atoms with Gasteiger partial charge in [-0.05, 0) is 85.9 Å². The number of unbranched alkanes of at least 4 members (excludes halogenated alkanes) is 5. The van der Waals surface area contributed by atoms with Gasteiger partial charge in [0, 0.05) is 6.42 Å². The van der Waals surface area contributed by atoms with Crippen LogP contribution in [0.3, 0.4) is 0 Å². The summed E-state index contributed by atoms with van der Waals surface area (Å²) in [4.78, 5) is 10.8. The second-order valence-corrected chi connectivity index (χ2v) is 11.7. The van der Waals surface area contributed by atoms with E-state index in [1.54, 1.807) is 5.57 Å². The maximum Gasteiger partial charge on any atom is 0.293 e. The molecule has 4 aliphatic carbocycles. The summed E-state index contributed by atoms with van der Waals surface area (Å²) < 4.78 is 5.36. The highest BCUT2D eigenvalue weighted by atomic mass is 16.5. The topological polar surface area (TPSA) is 26.3 Å². The molecule has 3 saturated carbocycles. The molecule has 0 bridgehead atoms. The third kappa shape index (κ3) is 4.02. The van der Waals surface area contributed by atoms with Crippen molar-refractivity contribution >= 4 is 6.47 Å². The molecule has 30 heavy (non-hydrogen) atoms. The Hall–Kier alpha value is -0.790. The number of rotatable bonds is 9. The molecule has 3 unspecified atom stereocenters. The van der Waals surface area contributed by atoms with Crippen LogP contribution >= 0.6 is 0 Å². The van der Waals surface area contributed by atoms with Crippen molar-refractivity contribution in [2.45, 2.75) is 123 Å². The number of allylic oxidation sites excluding steroid dienone is 1. The molecule has 0 amide bonds. The van der Waals surface area contributed by atoms with Gasteiger partial charge >= 0.3 is 0 Å². The van der Waals surface area contributed by atoms with Gasteiger partial charge in [-0.15, -0.1) is 0 Å². The lowest BCUT2D eigenvalue weighted by Crippen LogP contribution is -2.50. The van der Waals surface area contributed by atoms with Crippen molar-refractivity contribution in [2.24, 2.45) is 34.5 Å². The van der Waals surface area contributed by atoms with Crippen LogP contribution in [0.4, 0.5) is 0 Å².